The van der Waals surface area contributed by atoms with Crippen LogP contribution in [0, 0.1) is 0 Å². The van der Waals surface area contributed by atoms with Gasteiger partial charge in [0.1, 0.15) is 10.5 Å². The maximum Gasteiger partial charge on any atom is 0.339 e. The van der Waals surface area contributed by atoms with Crippen LogP contribution in [0.3, 0.4) is 0 Å². The number of nitrogens with zero attached hydrogens (tertiary/aromatic N) is 2. The lowest BCUT2D eigenvalue weighted by molar-refractivity contribution is 0.0699. The zero-order valence-corrected chi connectivity index (χ0v) is 18.6. The molecule has 0 unspecified atom stereocenters. The SMILES string of the molecule is Nc1cccc(Nc2c(S(=O)(=O)N3CCOCC3)cnc3ccc(Br)cc23)c1C(=O)O. The molecule has 1 aliphatic heterocycles. The van der Waals surface area contributed by atoms with E-state index in [1.165, 1.54) is 22.6 Å². The summed E-state index contributed by atoms with van der Waals surface area (Å²) >= 11 is 3.41. The second-order valence-electron chi connectivity index (χ2n) is 6.88. The molecule has 0 spiro atoms. The molecular formula is C20H19BrN4O5S. The molecule has 1 aromatic heterocycles. The van der Waals surface area contributed by atoms with Crippen LogP contribution in [0.5, 0.6) is 0 Å². The van der Waals surface area contributed by atoms with Gasteiger partial charge in [0.2, 0.25) is 10.0 Å². The summed E-state index contributed by atoms with van der Waals surface area (Å²) in [5.41, 5.74) is 6.75. The average molecular weight is 507 g/mol. The van der Waals surface area contributed by atoms with Crippen molar-refractivity contribution in [1.29, 1.82) is 0 Å². The number of halogens is 1. The fraction of sp³-hybridized carbons (Fsp3) is 0.200. The average Bonchev–Trinajstić information content (AvgIpc) is 2.74. The van der Waals surface area contributed by atoms with Gasteiger partial charge in [-0.05, 0) is 30.3 Å². The molecule has 0 saturated carbocycles. The smallest absolute Gasteiger partial charge is 0.339 e. The molecule has 9 nitrogen and oxygen atoms in total. The third-order valence-electron chi connectivity index (χ3n) is 4.95. The zero-order valence-electron chi connectivity index (χ0n) is 16.2. The predicted octanol–water partition coefficient (Wildman–Crippen LogP) is 3.04. The van der Waals surface area contributed by atoms with Crippen molar-refractivity contribution in [1.82, 2.24) is 9.29 Å². The molecule has 0 amide bonds. The minimum atomic E-state index is -3.93. The number of nitrogens with one attached hydrogen (secondary N) is 1. The number of nitrogens with two attached hydrogens (primary N) is 1. The van der Waals surface area contributed by atoms with E-state index >= 15 is 0 Å². The molecule has 0 aliphatic carbocycles. The lowest BCUT2D eigenvalue weighted by atomic mass is 10.1. The van der Waals surface area contributed by atoms with E-state index in [9.17, 15) is 18.3 Å². The summed E-state index contributed by atoms with van der Waals surface area (Å²) in [5, 5.41) is 13.2. The van der Waals surface area contributed by atoms with Crippen molar-refractivity contribution >= 4 is 59.9 Å². The van der Waals surface area contributed by atoms with Crippen LogP contribution in [0.1, 0.15) is 10.4 Å². The highest BCUT2D eigenvalue weighted by molar-refractivity contribution is 9.10. The Hall–Kier alpha value is -2.73. The van der Waals surface area contributed by atoms with E-state index < -0.39 is 16.0 Å². The summed E-state index contributed by atoms with van der Waals surface area (Å²) in [7, 11) is -3.93. The number of carboxylic acids is 1. The van der Waals surface area contributed by atoms with Gasteiger partial charge in [0.25, 0.3) is 0 Å². The van der Waals surface area contributed by atoms with E-state index in [0.717, 1.165) is 4.47 Å². The third-order valence-corrected chi connectivity index (χ3v) is 7.36. The van der Waals surface area contributed by atoms with E-state index in [1.807, 2.05) is 0 Å². The number of pyridine rings is 1. The van der Waals surface area contributed by atoms with Crippen molar-refractivity contribution in [2.24, 2.45) is 0 Å². The molecule has 2 aromatic carbocycles. The maximum atomic E-state index is 13.5. The minimum Gasteiger partial charge on any atom is -0.478 e. The van der Waals surface area contributed by atoms with Crippen LogP contribution >= 0.6 is 15.9 Å². The van der Waals surface area contributed by atoms with Crippen LogP contribution < -0.4 is 11.1 Å². The highest BCUT2D eigenvalue weighted by Crippen LogP contribution is 2.36. The van der Waals surface area contributed by atoms with Crippen molar-refractivity contribution < 1.29 is 23.1 Å². The summed E-state index contributed by atoms with van der Waals surface area (Å²) in [6.45, 7) is 1.04. The summed E-state index contributed by atoms with van der Waals surface area (Å²) < 4.78 is 34.2. The molecule has 4 rings (SSSR count). The quantitative estimate of drug-likeness (QED) is 0.449. The van der Waals surface area contributed by atoms with E-state index in [2.05, 4.69) is 26.2 Å². The number of fused-ring (bicyclic) bond motifs is 1. The summed E-state index contributed by atoms with van der Waals surface area (Å²) in [6, 6.07) is 9.87. The van der Waals surface area contributed by atoms with Gasteiger partial charge >= 0.3 is 5.97 Å². The molecule has 4 N–H and O–H groups in total. The number of nitrogen functional groups attached to an aromatic ring is 1. The van der Waals surface area contributed by atoms with Crippen molar-refractivity contribution in [2.45, 2.75) is 4.90 Å². The Labute approximate surface area is 187 Å². The largest absolute Gasteiger partial charge is 0.478 e. The highest BCUT2D eigenvalue weighted by atomic mass is 79.9. The number of sulfonamides is 1. The summed E-state index contributed by atoms with van der Waals surface area (Å²) in [5.74, 6) is -1.22. The fourth-order valence-corrected chi connectivity index (χ4v) is 5.32. The van der Waals surface area contributed by atoms with Gasteiger partial charge in [0, 0.05) is 34.8 Å². The highest BCUT2D eigenvalue weighted by Gasteiger charge is 2.30. The van der Waals surface area contributed by atoms with Crippen LogP contribution in [-0.2, 0) is 14.8 Å². The first kappa shape index (κ1) is 21.5. The molecule has 31 heavy (non-hydrogen) atoms. The van der Waals surface area contributed by atoms with Crippen molar-refractivity contribution in [3.8, 4) is 0 Å². The molecule has 0 atom stereocenters. The van der Waals surface area contributed by atoms with Crippen LogP contribution in [0.2, 0.25) is 0 Å². The molecular weight excluding hydrogens is 488 g/mol. The maximum absolute atomic E-state index is 13.5. The summed E-state index contributed by atoms with van der Waals surface area (Å²) in [4.78, 5) is 16.1. The van der Waals surface area contributed by atoms with Crippen molar-refractivity contribution in [2.75, 3.05) is 37.4 Å². The van der Waals surface area contributed by atoms with Crippen LogP contribution in [0.15, 0.2) is 52.0 Å². The normalized spacial score (nSPS) is 15.1. The Balaban J connectivity index is 1.95. The van der Waals surface area contributed by atoms with Gasteiger partial charge in [-0.15, -0.1) is 0 Å². The second-order valence-corrected chi connectivity index (χ2v) is 9.70. The topological polar surface area (TPSA) is 135 Å². The number of carbonyl (C=O) groups is 1. The number of aromatic nitrogens is 1. The molecule has 2 heterocycles. The molecule has 0 radical (unpaired) electrons. The Kier molecular flexibility index (Phi) is 5.84. The standard InChI is InChI=1S/C20H19BrN4O5S/c21-12-4-5-15-13(10-12)19(24-16-3-1-2-14(22)18(16)20(26)27)17(11-23-15)31(28,29)25-6-8-30-9-7-25/h1-5,10-11H,6-9,22H2,(H,23,24)(H,26,27). The molecule has 11 heteroatoms. The Morgan fingerprint density at radius 1 is 1.23 bits per heavy atom. The van der Waals surface area contributed by atoms with Crippen molar-refractivity contribution in [3.63, 3.8) is 0 Å². The number of rotatable bonds is 5. The van der Waals surface area contributed by atoms with E-state index in [0.29, 0.717) is 24.1 Å². The first-order valence-electron chi connectivity index (χ1n) is 9.34. The van der Waals surface area contributed by atoms with Crippen LogP contribution in [0.25, 0.3) is 10.9 Å². The zero-order chi connectivity index (χ0) is 22.2. The monoisotopic (exact) mass is 506 g/mol. The Bertz CT molecular complexity index is 1280. The predicted molar refractivity (Wildman–Crippen MR) is 120 cm³/mol. The van der Waals surface area contributed by atoms with Gasteiger partial charge < -0.3 is 20.9 Å². The fourth-order valence-electron chi connectivity index (χ4n) is 3.44. The number of aromatic carboxylic acids is 1. The van der Waals surface area contributed by atoms with E-state index in [-0.39, 0.29) is 40.6 Å². The van der Waals surface area contributed by atoms with E-state index in [1.54, 1.807) is 24.3 Å². The summed E-state index contributed by atoms with van der Waals surface area (Å²) in [6.07, 6.45) is 1.29. The van der Waals surface area contributed by atoms with Crippen LogP contribution in [-0.4, -0.2) is 55.1 Å². The van der Waals surface area contributed by atoms with Gasteiger partial charge in [-0.2, -0.15) is 4.31 Å². The number of benzene rings is 2. The van der Waals surface area contributed by atoms with Crippen LogP contribution in [0.4, 0.5) is 17.1 Å². The Morgan fingerprint density at radius 2 is 1.97 bits per heavy atom. The number of morpholine rings is 1. The van der Waals surface area contributed by atoms with Gasteiger partial charge in [-0.3, -0.25) is 4.98 Å². The van der Waals surface area contributed by atoms with Gasteiger partial charge in [0.05, 0.1) is 30.1 Å². The first-order chi connectivity index (χ1) is 14.8. The number of anilines is 3. The lowest BCUT2D eigenvalue weighted by Gasteiger charge is -2.27. The molecule has 0 bridgehead atoms. The second kappa shape index (κ2) is 8.42. The first-order valence-corrected chi connectivity index (χ1v) is 11.6. The van der Waals surface area contributed by atoms with Gasteiger partial charge in [0.15, 0.2) is 0 Å². The molecule has 162 valence electrons. The number of carboxylic acid groups (broad SMARTS) is 1. The number of hydrogen-bond donors (Lipinski definition) is 3. The molecule has 1 saturated heterocycles. The molecule has 3 aromatic rings. The van der Waals surface area contributed by atoms with Gasteiger partial charge in [-0.25, -0.2) is 13.2 Å². The Morgan fingerprint density at radius 3 is 2.68 bits per heavy atom. The molecule has 1 fully saturated rings. The minimum absolute atomic E-state index is 0.0567. The third kappa shape index (κ3) is 4.09. The number of ether oxygens (including phenoxy) is 1. The lowest BCUT2D eigenvalue weighted by Crippen LogP contribution is -2.40. The molecule has 1 aliphatic rings. The van der Waals surface area contributed by atoms with Crippen molar-refractivity contribution in [3.05, 3.63) is 52.6 Å². The number of hydrogen-bond acceptors (Lipinski definition) is 7. The van der Waals surface area contributed by atoms with Gasteiger partial charge in [-0.1, -0.05) is 22.0 Å². The van der Waals surface area contributed by atoms with E-state index in [4.69, 9.17) is 10.5 Å².